The molecule has 16 heteroatoms. The number of aromatic nitrogens is 3. The van der Waals surface area contributed by atoms with Gasteiger partial charge in [0.2, 0.25) is 23.5 Å². The number of primary amides is 1. The van der Waals surface area contributed by atoms with Crippen LogP contribution in [-0.2, 0) is 26.7 Å². The molecule has 51 heavy (non-hydrogen) atoms. The van der Waals surface area contributed by atoms with Crippen LogP contribution >= 0.6 is 0 Å². The summed E-state index contributed by atoms with van der Waals surface area (Å²) in [4.78, 5) is 53.0. The van der Waals surface area contributed by atoms with Crippen molar-refractivity contribution in [2.75, 3.05) is 11.9 Å². The van der Waals surface area contributed by atoms with Gasteiger partial charge in [0.15, 0.2) is 5.82 Å². The lowest BCUT2D eigenvalue weighted by molar-refractivity contribution is -0.231. The summed E-state index contributed by atoms with van der Waals surface area (Å²) in [5.74, 6) is -17.1. The molecule has 8 N–H and O–H groups in total. The largest absolute Gasteiger partial charge is 0.477 e. The van der Waals surface area contributed by atoms with Gasteiger partial charge in [-0.05, 0) is 85.2 Å². The normalized spacial score (nSPS) is 17.0. The second-order valence-corrected chi connectivity index (χ2v) is 12.4. The van der Waals surface area contributed by atoms with E-state index in [1.165, 1.54) is 24.3 Å². The molecule has 12 nitrogen and oxygen atoms in total. The highest BCUT2D eigenvalue weighted by Crippen LogP contribution is 2.42. The van der Waals surface area contributed by atoms with Crippen molar-refractivity contribution in [1.82, 2.24) is 20.5 Å². The number of amides is 3. The Hall–Kier alpha value is -5.64. The number of aromatic amines is 1. The van der Waals surface area contributed by atoms with Crippen LogP contribution in [0.15, 0.2) is 72.8 Å². The molecule has 5 rings (SSSR count). The molecule has 1 aromatic heterocycles. The van der Waals surface area contributed by atoms with Crippen molar-refractivity contribution in [3.63, 3.8) is 0 Å². The summed E-state index contributed by atoms with van der Waals surface area (Å²) in [5, 5.41) is 19.3. The Bertz CT molecular complexity index is 1890. The lowest BCUT2D eigenvalue weighted by Gasteiger charge is -2.28. The minimum Gasteiger partial charge on any atom is -0.477 e. The molecule has 3 amide bonds. The van der Waals surface area contributed by atoms with Gasteiger partial charge in [-0.2, -0.15) is 22.7 Å². The summed E-state index contributed by atoms with van der Waals surface area (Å²) in [6.07, 6.45) is 3.00. The molecule has 0 saturated heterocycles. The van der Waals surface area contributed by atoms with Gasteiger partial charge in [-0.15, -0.1) is 0 Å². The highest BCUT2D eigenvalue weighted by atomic mass is 19.3. The maximum absolute atomic E-state index is 14.2. The fourth-order valence-electron chi connectivity index (χ4n) is 5.91. The molecule has 3 aromatic carbocycles. The molecule has 0 aliphatic heterocycles. The van der Waals surface area contributed by atoms with Gasteiger partial charge in [-0.25, -0.2) is 9.78 Å². The zero-order valence-corrected chi connectivity index (χ0v) is 27.0. The van der Waals surface area contributed by atoms with Crippen LogP contribution in [0, 0.1) is 11.8 Å². The average Bonchev–Trinajstić information content (AvgIpc) is 3.63. The number of carboxylic acid groups (broad SMARTS) is 1. The Labute approximate surface area is 289 Å². The molecule has 0 radical (unpaired) electrons. The van der Waals surface area contributed by atoms with Crippen molar-refractivity contribution in [3.05, 3.63) is 89.7 Å². The SMILES string of the molecule is NC[C@H]1CC[C@H](C(=O)N[C@@H](Cc2ccc(-c3ccccc3C(N)=O)cc2)C(=O)Nc2ccc(-c3nc(C(F)(F)C(F)(F)C(=O)O)n[nH]3)cc2)CC1. The molecule has 0 spiro atoms. The van der Waals surface area contributed by atoms with Crippen molar-refractivity contribution in [3.8, 4) is 22.5 Å². The zero-order valence-electron chi connectivity index (χ0n) is 27.0. The number of halogens is 4. The monoisotopic (exact) mass is 709 g/mol. The second kappa shape index (κ2) is 15.1. The van der Waals surface area contributed by atoms with Crippen molar-refractivity contribution >= 4 is 29.4 Å². The Kier molecular flexibility index (Phi) is 10.8. The molecule has 1 fully saturated rings. The number of benzene rings is 3. The van der Waals surface area contributed by atoms with Gasteiger partial charge in [0, 0.05) is 29.2 Å². The maximum Gasteiger partial charge on any atom is 0.411 e. The number of rotatable bonds is 13. The van der Waals surface area contributed by atoms with Gasteiger partial charge in [0.25, 0.3) is 0 Å². The maximum atomic E-state index is 14.2. The van der Waals surface area contributed by atoms with E-state index in [1.807, 2.05) is 0 Å². The minimum absolute atomic E-state index is 0.113. The fourth-order valence-corrected chi connectivity index (χ4v) is 5.91. The van der Waals surface area contributed by atoms with Crippen molar-refractivity contribution in [1.29, 1.82) is 0 Å². The molecule has 1 atom stereocenters. The van der Waals surface area contributed by atoms with E-state index in [2.05, 4.69) is 25.8 Å². The number of carboxylic acids is 1. The summed E-state index contributed by atoms with van der Waals surface area (Å²) < 4.78 is 55.6. The summed E-state index contributed by atoms with van der Waals surface area (Å²) in [6.45, 7) is 0.544. The van der Waals surface area contributed by atoms with Gasteiger partial charge in [0.1, 0.15) is 6.04 Å². The lowest BCUT2D eigenvalue weighted by Crippen LogP contribution is -2.48. The molecule has 0 unspecified atom stereocenters. The number of anilines is 1. The molecule has 0 bridgehead atoms. The number of hydrogen-bond acceptors (Lipinski definition) is 7. The highest BCUT2D eigenvalue weighted by Gasteiger charge is 2.66. The number of nitrogens with zero attached hydrogens (tertiary/aromatic N) is 2. The van der Waals surface area contributed by atoms with Gasteiger partial charge in [-0.1, -0.05) is 42.5 Å². The van der Waals surface area contributed by atoms with E-state index in [-0.39, 0.29) is 35.3 Å². The van der Waals surface area contributed by atoms with Gasteiger partial charge in [-0.3, -0.25) is 19.5 Å². The second-order valence-electron chi connectivity index (χ2n) is 12.4. The van der Waals surface area contributed by atoms with Gasteiger partial charge >= 0.3 is 17.8 Å². The topological polar surface area (TPSA) is 206 Å². The first kappa shape index (κ1) is 36.6. The van der Waals surface area contributed by atoms with Crippen LogP contribution in [-0.4, -0.2) is 62.5 Å². The summed E-state index contributed by atoms with van der Waals surface area (Å²) in [7, 11) is 0. The molecule has 4 aromatic rings. The molecule has 1 aliphatic rings. The van der Waals surface area contributed by atoms with Crippen LogP contribution in [0.4, 0.5) is 23.2 Å². The van der Waals surface area contributed by atoms with Crippen LogP contribution in [0.2, 0.25) is 0 Å². The third-order valence-electron chi connectivity index (χ3n) is 8.94. The third kappa shape index (κ3) is 8.06. The molecular formula is C35H35F4N7O5. The van der Waals surface area contributed by atoms with E-state index in [4.69, 9.17) is 16.6 Å². The molecule has 268 valence electrons. The Morgan fingerprint density at radius 3 is 2.14 bits per heavy atom. The first-order chi connectivity index (χ1) is 24.2. The molecular weight excluding hydrogens is 674 g/mol. The zero-order chi connectivity index (χ0) is 36.9. The predicted octanol–water partition coefficient (Wildman–Crippen LogP) is 4.48. The van der Waals surface area contributed by atoms with E-state index in [0.717, 1.165) is 18.4 Å². The quantitative estimate of drug-likeness (QED) is 0.109. The summed E-state index contributed by atoms with van der Waals surface area (Å²) in [6, 6.07) is 18.5. The van der Waals surface area contributed by atoms with Crippen LogP contribution in [0.25, 0.3) is 22.5 Å². The summed E-state index contributed by atoms with van der Waals surface area (Å²) in [5.41, 5.74) is 14.2. The first-order valence-electron chi connectivity index (χ1n) is 16.0. The van der Waals surface area contributed by atoms with Gasteiger partial charge < -0.3 is 27.2 Å². The van der Waals surface area contributed by atoms with E-state index in [9.17, 15) is 36.7 Å². The van der Waals surface area contributed by atoms with Crippen molar-refractivity contribution in [2.45, 2.75) is 50.0 Å². The Morgan fingerprint density at radius 1 is 0.902 bits per heavy atom. The van der Waals surface area contributed by atoms with Crippen LogP contribution in [0.5, 0.6) is 0 Å². The number of carbonyl (C=O) groups is 4. The summed E-state index contributed by atoms with van der Waals surface area (Å²) >= 11 is 0. The van der Waals surface area contributed by atoms with Gasteiger partial charge in [0.05, 0.1) is 0 Å². The van der Waals surface area contributed by atoms with Crippen molar-refractivity contribution < 1.29 is 41.8 Å². The Balaban J connectivity index is 1.32. The number of carbonyl (C=O) groups excluding carboxylic acids is 3. The number of alkyl halides is 4. The number of nitrogens with two attached hydrogens (primary N) is 2. The van der Waals surface area contributed by atoms with Crippen LogP contribution < -0.4 is 22.1 Å². The number of H-pyrrole nitrogens is 1. The van der Waals surface area contributed by atoms with Crippen molar-refractivity contribution in [2.24, 2.45) is 23.3 Å². The standard InChI is InChI=1S/C35H35F4N7O5/c36-34(37,35(38,39)33(50)51)32-44-29(45-46-32)22-13-15-24(16-14-22)42-31(49)27(43-30(48)23-11-7-20(18-40)8-12-23)17-19-5-9-21(10-6-19)25-3-1-2-4-26(25)28(41)47/h1-6,9-10,13-16,20,23,27H,7-8,11-12,17-18,40H2,(H2,41,47)(H,42,49)(H,43,48)(H,50,51)(H,44,45,46)/t20-,23-,27-/m0/s1. The predicted molar refractivity (Wildman–Crippen MR) is 177 cm³/mol. The molecule has 1 saturated carbocycles. The number of aliphatic carboxylic acids is 1. The average molecular weight is 710 g/mol. The number of hydrogen-bond donors (Lipinski definition) is 6. The number of nitrogens with one attached hydrogen (secondary N) is 3. The highest BCUT2D eigenvalue weighted by molar-refractivity contribution is 6.00. The smallest absolute Gasteiger partial charge is 0.411 e. The van der Waals surface area contributed by atoms with Crippen LogP contribution in [0.1, 0.15) is 47.4 Å². The third-order valence-corrected chi connectivity index (χ3v) is 8.94. The first-order valence-corrected chi connectivity index (χ1v) is 16.0. The molecule has 1 aliphatic carbocycles. The Morgan fingerprint density at radius 2 is 1.53 bits per heavy atom. The minimum atomic E-state index is -5.45. The lowest BCUT2D eigenvalue weighted by atomic mass is 9.81. The van der Waals surface area contributed by atoms with E-state index >= 15 is 0 Å². The van der Waals surface area contributed by atoms with E-state index in [0.29, 0.717) is 42.0 Å². The van der Waals surface area contributed by atoms with Crippen LogP contribution in [0.3, 0.4) is 0 Å². The van der Waals surface area contributed by atoms with E-state index in [1.54, 1.807) is 48.5 Å². The molecule has 1 heterocycles. The fraction of sp³-hybridized carbons (Fsp3) is 0.314. The van der Waals surface area contributed by atoms with E-state index < -0.39 is 41.5 Å².